The molecule has 0 spiro atoms. The minimum absolute atomic E-state index is 0.340. The van der Waals surface area contributed by atoms with Crippen molar-refractivity contribution in [3.8, 4) is 0 Å². The van der Waals surface area contributed by atoms with Crippen molar-refractivity contribution in [3.63, 3.8) is 0 Å². The van der Waals surface area contributed by atoms with Crippen LogP contribution in [0.4, 0.5) is 0 Å². The van der Waals surface area contributed by atoms with Crippen LogP contribution >= 0.6 is 0 Å². The fourth-order valence-corrected chi connectivity index (χ4v) is 3.27. The Bertz CT molecular complexity index is 219. The largest absolute Gasteiger partial charge is 0.328 e. The van der Waals surface area contributed by atoms with E-state index in [0.29, 0.717) is 11.6 Å². The molecule has 0 bridgehead atoms. The lowest BCUT2D eigenvalue weighted by molar-refractivity contribution is 0.0247. The van der Waals surface area contributed by atoms with E-state index in [1.54, 1.807) is 0 Å². The maximum absolute atomic E-state index is 6.08. The van der Waals surface area contributed by atoms with E-state index in [9.17, 15) is 0 Å². The molecule has 2 nitrogen and oxygen atoms in total. The molecule has 0 amide bonds. The molecule has 0 aromatic rings. The Balaban J connectivity index is 1.97. The van der Waals surface area contributed by atoms with Gasteiger partial charge < -0.3 is 5.73 Å². The molecule has 2 heteroatoms. The van der Waals surface area contributed by atoms with Gasteiger partial charge in [-0.2, -0.15) is 0 Å². The highest BCUT2D eigenvalue weighted by molar-refractivity contribution is 4.91. The predicted molar refractivity (Wildman–Crippen MR) is 64.7 cm³/mol. The van der Waals surface area contributed by atoms with Crippen LogP contribution in [0.15, 0.2) is 0 Å². The van der Waals surface area contributed by atoms with Gasteiger partial charge in [-0.3, -0.25) is 4.90 Å². The Morgan fingerprint density at radius 1 is 1.07 bits per heavy atom. The summed E-state index contributed by atoms with van der Waals surface area (Å²) < 4.78 is 0. The molecule has 1 saturated heterocycles. The summed E-state index contributed by atoms with van der Waals surface area (Å²) in [4.78, 5) is 2.65. The van der Waals surface area contributed by atoms with E-state index in [-0.39, 0.29) is 0 Å². The lowest BCUT2D eigenvalue weighted by Crippen LogP contribution is -2.52. The van der Waals surface area contributed by atoms with Crippen LogP contribution in [0, 0.1) is 11.8 Å². The Morgan fingerprint density at radius 3 is 2.47 bits per heavy atom. The Kier molecular flexibility index (Phi) is 3.09. The van der Waals surface area contributed by atoms with Gasteiger partial charge in [-0.1, -0.05) is 0 Å². The Morgan fingerprint density at radius 2 is 1.80 bits per heavy atom. The molecule has 1 aliphatic carbocycles. The standard InChI is InChI=1S/C13H26N2/c1-13(2,3)15-7-6-10-4-5-12(14)8-11(10)9-15/h10-12H,4-9,14H2,1-3H3. The van der Waals surface area contributed by atoms with Crippen LogP contribution in [-0.4, -0.2) is 29.6 Å². The van der Waals surface area contributed by atoms with Crippen LogP contribution in [-0.2, 0) is 0 Å². The minimum Gasteiger partial charge on any atom is -0.328 e. The topological polar surface area (TPSA) is 29.3 Å². The first kappa shape index (κ1) is 11.4. The molecule has 2 rings (SSSR count). The monoisotopic (exact) mass is 210 g/mol. The van der Waals surface area contributed by atoms with Crippen LogP contribution < -0.4 is 5.73 Å². The van der Waals surface area contributed by atoms with E-state index >= 15 is 0 Å². The Hall–Kier alpha value is -0.0800. The van der Waals surface area contributed by atoms with Crippen LogP contribution in [0.1, 0.15) is 46.5 Å². The fourth-order valence-electron chi connectivity index (χ4n) is 3.27. The number of rotatable bonds is 0. The van der Waals surface area contributed by atoms with Crippen molar-refractivity contribution in [1.29, 1.82) is 0 Å². The van der Waals surface area contributed by atoms with Gasteiger partial charge in [-0.25, -0.2) is 0 Å². The van der Waals surface area contributed by atoms with Crippen molar-refractivity contribution < 1.29 is 0 Å². The first-order chi connectivity index (χ1) is 6.97. The third-order valence-electron chi connectivity index (χ3n) is 4.35. The molecule has 0 aromatic heterocycles. The molecular formula is C13H26N2. The molecule has 1 aliphatic heterocycles. The molecule has 3 unspecified atom stereocenters. The number of nitrogens with two attached hydrogens (primary N) is 1. The van der Waals surface area contributed by atoms with Crippen LogP contribution in [0.5, 0.6) is 0 Å². The smallest absolute Gasteiger partial charge is 0.0125 e. The first-order valence-electron chi connectivity index (χ1n) is 6.47. The molecule has 0 radical (unpaired) electrons. The van der Waals surface area contributed by atoms with Gasteiger partial charge in [0.1, 0.15) is 0 Å². The number of piperidine rings is 1. The lowest BCUT2D eigenvalue weighted by atomic mass is 9.72. The third-order valence-corrected chi connectivity index (χ3v) is 4.35. The molecule has 0 aromatic carbocycles. The molecule has 88 valence electrons. The van der Waals surface area contributed by atoms with Gasteiger partial charge in [0.2, 0.25) is 0 Å². The normalized spacial score (nSPS) is 38.8. The molecule has 2 N–H and O–H groups in total. The number of hydrogen-bond donors (Lipinski definition) is 1. The second kappa shape index (κ2) is 4.06. The number of hydrogen-bond acceptors (Lipinski definition) is 2. The summed E-state index contributed by atoms with van der Waals surface area (Å²) in [7, 11) is 0. The molecule has 1 heterocycles. The number of likely N-dealkylation sites (tertiary alicyclic amines) is 1. The number of fused-ring (bicyclic) bond motifs is 1. The Labute approximate surface area is 94.2 Å². The van der Waals surface area contributed by atoms with Crippen molar-refractivity contribution in [2.45, 2.75) is 58.0 Å². The highest BCUT2D eigenvalue weighted by Gasteiger charge is 2.36. The molecule has 2 aliphatic rings. The van der Waals surface area contributed by atoms with Crippen LogP contribution in [0.2, 0.25) is 0 Å². The van der Waals surface area contributed by atoms with Crippen molar-refractivity contribution in [2.24, 2.45) is 17.6 Å². The third kappa shape index (κ3) is 2.54. The van der Waals surface area contributed by atoms with Crippen LogP contribution in [0.3, 0.4) is 0 Å². The average molecular weight is 210 g/mol. The van der Waals surface area contributed by atoms with E-state index in [0.717, 1.165) is 11.8 Å². The van der Waals surface area contributed by atoms with E-state index < -0.39 is 0 Å². The number of nitrogens with zero attached hydrogens (tertiary/aromatic N) is 1. The van der Waals surface area contributed by atoms with Gasteiger partial charge in [0.15, 0.2) is 0 Å². The maximum Gasteiger partial charge on any atom is 0.0125 e. The second-order valence-electron chi connectivity index (χ2n) is 6.50. The zero-order chi connectivity index (χ0) is 11.1. The first-order valence-corrected chi connectivity index (χ1v) is 6.47. The SMILES string of the molecule is CC(C)(C)N1CCC2CCC(N)CC2C1. The molecule has 15 heavy (non-hydrogen) atoms. The molecular weight excluding hydrogens is 184 g/mol. The lowest BCUT2D eigenvalue weighted by Gasteiger charge is -2.47. The van der Waals surface area contributed by atoms with Gasteiger partial charge in [-0.15, -0.1) is 0 Å². The predicted octanol–water partition coefficient (Wildman–Crippen LogP) is 2.23. The summed E-state index contributed by atoms with van der Waals surface area (Å²) in [5.41, 5.74) is 6.42. The average Bonchev–Trinajstić information content (AvgIpc) is 2.15. The van der Waals surface area contributed by atoms with Gasteiger partial charge >= 0.3 is 0 Å². The van der Waals surface area contributed by atoms with Crippen molar-refractivity contribution >= 4 is 0 Å². The quantitative estimate of drug-likeness (QED) is 0.664. The van der Waals surface area contributed by atoms with Gasteiger partial charge in [0.25, 0.3) is 0 Å². The summed E-state index contributed by atoms with van der Waals surface area (Å²) >= 11 is 0. The minimum atomic E-state index is 0.340. The summed E-state index contributed by atoms with van der Waals surface area (Å²) in [5.74, 6) is 1.85. The van der Waals surface area contributed by atoms with Gasteiger partial charge in [-0.05, 0) is 64.8 Å². The van der Waals surface area contributed by atoms with E-state index in [4.69, 9.17) is 5.73 Å². The van der Waals surface area contributed by atoms with Crippen molar-refractivity contribution in [3.05, 3.63) is 0 Å². The van der Waals surface area contributed by atoms with Gasteiger partial charge in [0.05, 0.1) is 0 Å². The zero-order valence-corrected chi connectivity index (χ0v) is 10.5. The molecule has 2 fully saturated rings. The zero-order valence-electron chi connectivity index (χ0n) is 10.5. The van der Waals surface area contributed by atoms with E-state index in [2.05, 4.69) is 25.7 Å². The van der Waals surface area contributed by atoms with Gasteiger partial charge in [0, 0.05) is 18.1 Å². The van der Waals surface area contributed by atoms with Crippen LogP contribution in [0.25, 0.3) is 0 Å². The second-order valence-corrected chi connectivity index (χ2v) is 6.50. The molecule has 1 saturated carbocycles. The molecule has 3 atom stereocenters. The summed E-state index contributed by atoms with van der Waals surface area (Å²) in [5, 5.41) is 0. The maximum atomic E-state index is 6.08. The summed E-state index contributed by atoms with van der Waals surface area (Å²) in [6.45, 7) is 9.56. The fraction of sp³-hybridized carbons (Fsp3) is 1.00. The van der Waals surface area contributed by atoms with E-state index in [1.807, 2.05) is 0 Å². The summed E-state index contributed by atoms with van der Waals surface area (Å²) in [6, 6.07) is 0.478. The summed E-state index contributed by atoms with van der Waals surface area (Å²) in [6.07, 6.45) is 5.30. The highest BCUT2D eigenvalue weighted by atomic mass is 15.2. The van der Waals surface area contributed by atoms with E-state index in [1.165, 1.54) is 38.8 Å². The van der Waals surface area contributed by atoms with Crippen molar-refractivity contribution in [1.82, 2.24) is 4.90 Å². The highest BCUT2D eigenvalue weighted by Crippen LogP contribution is 2.37. The van der Waals surface area contributed by atoms with Crippen molar-refractivity contribution in [2.75, 3.05) is 13.1 Å².